The van der Waals surface area contributed by atoms with Gasteiger partial charge in [-0.25, -0.2) is 0 Å². The molecule has 1 amide bonds. The molecule has 1 N–H and O–H groups in total. The van der Waals surface area contributed by atoms with Crippen LogP contribution in [0.4, 0.5) is 5.69 Å². The van der Waals surface area contributed by atoms with Crippen LogP contribution in [0.3, 0.4) is 0 Å². The van der Waals surface area contributed by atoms with E-state index in [2.05, 4.69) is 20.5 Å². The molecular weight excluding hydrogens is 394 g/mol. The summed E-state index contributed by atoms with van der Waals surface area (Å²) >= 11 is 1.38. The summed E-state index contributed by atoms with van der Waals surface area (Å²) in [7, 11) is 1.90. The molecule has 2 heterocycles. The van der Waals surface area contributed by atoms with Gasteiger partial charge in [0.15, 0.2) is 11.0 Å². The fourth-order valence-corrected chi connectivity index (χ4v) is 4.02. The number of pyridine rings is 1. The van der Waals surface area contributed by atoms with E-state index in [0.717, 1.165) is 28.2 Å². The van der Waals surface area contributed by atoms with Crippen molar-refractivity contribution in [2.45, 2.75) is 17.3 Å². The van der Waals surface area contributed by atoms with Gasteiger partial charge in [0.25, 0.3) is 0 Å². The Balaban J connectivity index is 1.62. The minimum atomic E-state index is -0.472. The smallest absolute Gasteiger partial charge is 0.242 e. The SMILES string of the molecule is Cc1ccc(NC(=O)[C@@H](Sc2nnc(-c3ccncc3)n2C)c2ccccc2)cc1. The second-order valence-corrected chi connectivity index (χ2v) is 7.94. The number of carbonyl (C=O) groups is 1. The molecule has 6 nitrogen and oxygen atoms in total. The standard InChI is InChI=1S/C23H21N5OS/c1-16-8-10-19(11-9-16)25-22(29)20(17-6-4-3-5-7-17)30-23-27-26-21(28(23)2)18-12-14-24-15-13-18/h3-15,20H,1-2H3,(H,25,29)/t20-/m0/s1. The molecule has 0 radical (unpaired) electrons. The Bertz CT molecular complexity index is 1130. The van der Waals surface area contributed by atoms with E-state index in [1.807, 2.05) is 85.3 Å². The maximum Gasteiger partial charge on any atom is 0.242 e. The summed E-state index contributed by atoms with van der Waals surface area (Å²) in [6, 6.07) is 21.2. The van der Waals surface area contributed by atoms with E-state index in [0.29, 0.717) is 5.16 Å². The first-order valence-electron chi connectivity index (χ1n) is 9.51. The number of amides is 1. The van der Waals surface area contributed by atoms with Gasteiger partial charge in [0, 0.05) is 30.7 Å². The summed E-state index contributed by atoms with van der Waals surface area (Å²) in [6.45, 7) is 2.02. The van der Waals surface area contributed by atoms with Crippen LogP contribution in [0.1, 0.15) is 16.4 Å². The number of nitrogens with zero attached hydrogens (tertiary/aromatic N) is 4. The minimum absolute atomic E-state index is 0.108. The van der Waals surface area contributed by atoms with E-state index < -0.39 is 5.25 Å². The molecule has 4 rings (SSSR count). The van der Waals surface area contributed by atoms with E-state index in [-0.39, 0.29) is 5.91 Å². The molecule has 0 aliphatic carbocycles. The molecule has 0 aliphatic rings. The highest BCUT2D eigenvalue weighted by Crippen LogP contribution is 2.36. The summed E-state index contributed by atoms with van der Waals surface area (Å²) < 4.78 is 1.90. The molecule has 30 heavy (non-hydrogen) atoms. The molecule has 0 saturated carbocycles. The lowest BCUT2D eigenvalue weighted by atomic mass is 10.1. The molecular formula is C23H21N5OS. The molecule has 1 atom stereocenters. The first-order chi connectivity index (χ1) is 14.6. The number of hydrogen-bond acceptors (Lipinski definition) is 5. The van der Waals surface area contributed by atoms with Crippen LogP contribution in [0.25, 0.3) is 11.4 Å². The molecule has 2 aromatic heterocycles. The molecule has 0 spiro atoms. The van der Waals surface area contributed by atoms with Crippen molar-refractivity contribution in [3.8, 4) is 11.4 Å². The third kappa shape index (κ3) is 4.41. The summed E-state index contributed by atoms with van der Waals surface area (Å²) in [5.41, 5.74) is 3.74. The number of nitrogens with one attached hydrogen (secondary N) is 1. The van der Waals surface area contributed by atoms with Crippen LogP contribution in [-0.4, -0.2) is 25.7 Å². The minimum Gasteiger partial charge on any atom is -0.325 e. The van der Waals surface area contributed by atoms with Gasteiger partial charge in [-0.2, -0.15) is 0 Å². The van der Waals surface area contributed by atoms with Gasteiger partial charge in [-0.1, -0.05) is 59.8 Å². The van der Waals surface area contributed by atoms with Crippen molar-refractivity contribution in [3.05, 3.63) is 90.3 Å². The number of aryl methyl sites for hydroxylation is 1. The van der Waals surface area contributed by atoms with Crippen molar-refractivity contribution >= 4 is 23.4 Å². The maximum atomic E-state index is 13.2. The topological polar surface area (TPSA) is 72.7 Å². The first kappa shape index (κ1) is 19.8. The summed E-state index contributed by atoms with van der Waals surface area (Å²) in [5.74, 6) is 0.620. The van der Waals surface area contributed by atoms with E-state index in [1.165, 1.54) is 11.8 Å². The zero-order valence-electron chi connectivity index (χ0n) is 16.7. The average Bonchev–Trinajstić information content (AvgIpc) is 3.15. The molecule has 2 aromatic carbocycles. The van der Waals surface area contributed by atoms with E-state index in [4.69, 9.17) is 0 Å². The number of thioether (sulfide) groups is 1. The molecule has 150 valence electrons. The third-order valence-electron chi connectivity index (χ3n) is 4.66. The highest BCUT2D eigenvalue weighted by atomic mass is 32.2. The van der Waals surface area contributed by atoms with Gasteiger partial charge >= 0.3 is 0 Å². The van der Waals surface area contributed by atoms with Crippen molar-refractivity contribution in [1.82, 2.24) is 19.7 Å². The Morgan fingerprint density at radius 1 is 0.967 bits per heavy atom. The number of rotatable bonds is 6. The van der Waals surface area contributed by atoms with Crippen LogP contribution in [-0.2, 0) is 11.8 Å². The van der Waals surface area contributed by atoms with Crippen LogP contribution >= 0.6 is 11.8 Å². The van der Waals surface area contributed by atoms with Crippen molar-refractivity contribution in [2.75, 3.05) is 5.32 Å². The molecule has 0 aliphatic heterocycles. The Morgan fingerprint density at radius 2 is 1.67 bits per heavy atom. The van der Waals surface area contributed by atoms with Gasteiger partial charge in [0.05, 0.1) is 0 Å². The van der Waals surface area contributed by atoms with Crippen LogP contribution in [0.2, 0.25) is 0 Å². The van der Waals surface area contributed by atoms with Crippen molar-refractivity contribution < 1.29 is 4.79 Å². The van der Waals surface area contributed by atoms with Crippen LogP contribution in [0.5, 0.6) is 0 Å². The maximum absolute atomic E-state index is 13.2. The number of anilines is 1. The first-order valence-corrected chi connectivity index (χ1v) is 10.4. The largest absolute Gasteiger partial charge is 0.325 e. The second-order valence-electron chi connectivity index (χ2n) is 6.86. The fourth-order valence-electron chi connectivity index (χ4n) is 3.02. The quantitative estimate of drug-likeness (QED) is 0.464. The Morgan fingerprint density at radius 3 is 2.37 bits per heavy atom. The molecule has 0 saturated heterocycles. The highest BCUT2D eigenvalue weighted by Gasteiger charge is 2.25. The molecule has 0 bridgehead atoms. The average molecular weight is 416 g/mol. The molecule has 0 fully saturated rings. The van der Waals surface area contributed by atoms with Crippen LogP contribution in [0, 0.1) is 6.92 Å². The lowest BCUT2D eigenvalue weighted by Gasteiger charge is -2.17. The molecule has 0 unspecified atom stereocenters. The van der Waals surface area contributed by atoms with Crippen molar-refractivity contribution in [1.29, 1.82) is 0 Å². The third-order valence-corrected chi connectivity index (χ3v) is 5.94. The van der Waals surface area contributed by atoms with E-state index >= 15 is 0 Å². The van der Waals surface area contributed by atoms with Crippen LogP contribution < -0.4 is 5.32 Å². The molecule has 7 heteroatoms. The highest BCUT2D eigenvalue weighted by molar-refractivity contribution is 8.00. The number of carbonyl (C=O) groups excluding carboxylic acids is 1. The summed E-state index contributed by atoms with van der Waals surface area (Å²) in [6.07, 6.45) is 3.44. The number of hydrogen-bond donors (Lipinski definition) is 1. The normalized spacial score (nSPS) is 11.8. The number of aromatic nitrogens is 4. The predicted molar refractivity (Wildman–Crippen MR) is 119 cm³/mol. The zero-order valence-corrected chi connectivity index (χ0v) is 17.5. The zero-order chi connectivity index (χ0) is 20.9. The lowest BCUT2D eigenvalue weighted by molar-refractivity contribution is -0.115. The number of benzene rings is 2. The van der Waals surface area contributed by atoms with Gasteiger partial charge in [-0.3, -0.25) is 9.78 Å². The summed E-state index contributed by atoms with van der Waals surface area (Å²) in [4.78, 5) is 17.2. The van der Waals surface area contributed by atoms with Crippen LogP contribution in [0.15, 0.2) is 84.3 Å². The Labute approximate surface area is 179 Å². The van der Waals surface area contributed by atoms with Gasteiger partial charge in [0.1, 0.15) is 5.25 Å². The lowest BCUT2D eigenvalue weighted by Crippen LogP contribution is -2.19. The van der Waals surface area contributed by atoms with Gasteiger partial charge in [0.2, 0.25) is 5.91 Å². The molecule has 4 aromatic rings. The van der Waals surface area contributed by atoms with E-state index in [9.17, 15) is 4.79 Å². The predicted octanol–water partition coefficient (Wildman–Crippen LogP) is 4.66. The van der Waals surface area contributed by atoms with Gasteiger partial charge < -0.3 is 9.88 Å². The Hall–Kier alpha value is -3.45. The van der Waals surface area contributed by atoms with Gasteiger partial charge in [-0.15, -0.1) is 10.2 Å². The van der Waals surface area contributed by atoms with E-state index in [1.54, 1.807) is 12.4 Å². The van der Waals surface area contributed by atoms with Gasteiger partial charge in [-0.05, 0) is 36.8 Å². The Kier molecular flexibility index (Phi) is 5.90. The van der Waals surface area contributed by atoms with Crippen molar-refractivity contribution in [3.63, 3.8) is 0 Å². The monoisotopic (exact) mass is 415 g/mol. The second kappa shape index (κ2) is 8.92. The van der Waals surface area contributed by atoms with Crippen molar-refractivity contribution in [2.24, 2.45) is 7.05 Å². The fraction of sp³-hybridized carbons (Fsp3) is 0.130. The summed E-state index contributed by atoms with van der Waals surface area (Å²) in [5, 5.41) is 11.9.